The second kappa shape index (κ2) is 7.33. The molecule has 4 heteroatoms. The number of nitrogens with zero attached hydrogens (tertiary/aromatic N) is 2. The van der Waals surface area contributed by atoms with E-state index >= 15 is 0 Å². The van der Waals surface area contributed by atoms with Crippen LogP contribution < -0.4 is 10.1 Å². The van der Waals surface area contributed by atoms with Gasteiger partial charge in [-0.25, -0.2) is 0 Å². The third-order valence-electron chi connectivity index (χ3n) is 2.64. The van der Waals surface area contributed by atoms with Crippen molar-refractivity contribution in [2.45, 2.75) is 52.7 Å². The maximum absolute atomic E-state index is 5.94. The molecule has 17 heavy (non-hydrogen) atoms. The first-order chi connectivity index (χ1) is 8.17. The highest BCUT2D eigenvalue weighted by Gasteiger charge is 2.10. The predicted octanol–water partition coefficient (Wildman–Crippen LogP) is 2.62. The Hall–Kier alpha value is -1.03. The maximum atomic E-state index is 5.94. The van der Waals surface area contributed by atoms with Crippen LogP contribution in [0.1, 0.15) is 46.6 Å². The number of aromatic nitrogens is 2. The van der Waals surface area contributed by atoms with E-state index in [9.17, 15) is 0 Å². The molecule has 1 rings (SSSR count). The molecule has 1 heterocycles. The fraction of sp³-hybridized carbons (Fsp3) is 0.769. The number of hydrogen-bond donors (Lipinski definition) is 1. The normalized spacial score (nSPS) is 13.0. The van der Waals surface area contributed by atoms with Crippen molar-refractivity contribution in [2.24, 2.45) is 0 Å². The lowest BCUT2D eigenvalue weighted by molar-refractivity contribution is 0.187. The van der Waals surface area contributed by atoms with Gasteiger partial charge in [-0.1, -0.05) is 20.3 Å². The molecule has 1 aromatic heterocycles. The highest BCUT2D eigenvalue weighted by molar-refractivity contribution is 5.12. The van der Waals surface area contributed by atoms with Crippen molar-refractivity contribution in [1.29, 1.82) is 0 Å². The monoisotopic (exact) mass is 239 g/mol. The van der Waals surface area contributed by atoms with E-state index < -0.39 is 0 Å². The van der Waals surface area contributed by atoms with Gasteiger partial charge in [0.25, 0.3) is 0 Å². The number of rotatable bonds is 8. The van der Waals surface area contributed by atoms with Crippen LogP contribution in [0.4, 0.5) is 0 Å². The fourth-order valence-corrected chi connectivity index (χ4v) is 1.69. The van der Waals surface area contributed by atoms with Crippen molar-refractivity contribution in [3.63, 3.8) is 0 Å². The molecule has 1 atom stereocenters. The minimum atomic E-state index is 0.241. The maximum Gasteiger partial charge on any atom is 0.157 e. The van der Waals surface area contributed by atoms with Crippen LogP contribution in [0.2, 0.25) is 0 Å². The molecule has 1 N–H and O–H groups in total. The van der Waals surface area contributed by atoms with Gasteiger partial charge in [0.2, 0.25) is 0 Å². The minimum Gasteiger partial charge on any atom is -0.486 e. The van der Waals surface area contributed by atoms with E-state index in [4.69, 9.17) is 4.74 Å². The molecule has 0 aliphatic heterocycles. The minimum absolute atomic E-state index is 0.241. The van der Waals surface area contributed by atoms with Crippen molar-refractivity contribution < 1.29 is 4.74 Å². The summed E-state index contributed by atoms with van der Waals surface area (Å²) < 4.78 is 7.86. The largest absolute Gasteiger partial charge is 0.486 e. The Morgan fingerprint density at radius 2 is 2.18 bits per heavy atom. The van der Waals surface area contributed by atoms with Crippen LogP contribution in [0.3, 0.4) is 0 Å². The number of nitrogens with one attached hydrogen (secondary N) is 1. The van der Waals surface area contributed by atoms with Crippen LogP contribution in [0.15, 0.2) is 12.4 Å². The van der Waals surface area contributed by atoms with Gasteiger partial charge in [0.05, 0.1) is 12.4 Å². The molecular formula is C13H25N3O. The van der Waals surface area contributed by atoms with Crippen LogP contribution in [-0.4, -0.2) is 29.0 Å². The van der Waals surface area contributed by atoms with Crippen LogP contribution in [0.5, 0.6) is 5.75 Å². The smallest absolute Gasteiger partial charge is 0.157 e. The lowest BCUT2D eigenvalue weighted by atomic mass is 10.2. The van der Waals surface area contributed by atoms with Gasteiger partial charge in [0.15, 0.2) is 5.75 Å². The summed E-state index contributed by atoms with van der Waals surface area (Å²) in [6.45, 7) is 10.4. The summed E-state index contributed by atoms with van der Waals surface area (Å²) >= 11 is 0. The molecule has 0 amide bonds. The Morgan fingerprint density at radius 1 is 1.41 bits per heavy atom. The second-order valence-electron chi connectivity index (χ2n) is 4.59. The van der Waals surface area contributed by atoms with E-state index in [0.29, 0.717) is 6.04 Å². The summed E-state index contributed by atoms with van der Waals surface area (Å²) in [5.41, 5.74) is 0. The number of hydrogen-bond acceptors (Lipinski definition) is 3. The summed E-state index contributed by atoms with van der Waals surface area (Å²) in [5.74, 6) is 0.870. The molecule has 0 spiro atoms. The van der Waals surface area contributed by atoms with Crippen LogP contribution >= 0.6 is 0 Å². The molecule has 0 saturated heterocycles. The number of likely N-dealkylation sites (N-methyl/N-ethyl adjacent to an activating group) is 1. The average Bonchev–Trinajstić information content (AvgIpc) is 2.75. The molecule has 1 unspecified atom stereocenters. The van der Waals surface area contributed by atoms with E-state index in [0.717, 1.165) is 31.7 Å². The average molecular weight is 239 g/mol. The molecule has 0 aliphatic rings. The first-order valence-electron chi connectivity index (χ1n) is 6.58. The van der Waals surface area contributed by atoms with Gasteiger partial charge in [0, 0.05) is 12.6 Å². The first-order valence-corrected chi connectivity index (χ1v) is 6.58. The van der Waals surface area contributed by atoms with Gasteiger partial charge in [-0.05, 0) is 26.8 Å². The summed E-state index contributed by atoms with van der Waals surface area (Å²) in [6.07, 6.45) is 6.21. The Kier molecular flexibility index (Phi) is 6.05. The van der Waals surface area contributed by atoms with Crippen molar-refractivity contribution in [2.75, 3.05) is 13.1 Å². The van der Waals surface area contributed by atoms with E-state index in [2.05, 4.69) is 38.1 Å². The zero-order valence-electron chi connectivity index (χ0n) is 11.4. The molecule has 0 bridgehead atoms. The molecular weight excluding hydrogens is 214 g/mol. The second-order valence-corrected chi connectivity index (χ2v) is 4.59. The summed E-state index contributed by atoms with van der Waals surface area (Å²) in [5, 5.41) is 7.61. The van der Waals surface area contributed by atoms with E-state index in [-0.39, 0.29) is 6.10 Å². The highest BCUT2D eigenvalue weighted by Crippen LogP contribution is 2.15. The summed E-state index contributed by atoms with van der Waals surface area (Å²) in [7, 11) is 0. The molecule has 0 aromatic carbocycles. The van der Waals surface area contributed by atoms with E-state index in [1.165, 1.54) is 0 Å². The van der Waals surface area contributed by atoms with E-state index in [1.807, 2.05) is 10.9 Å². The fourth-order valence-electron chi connectivity index (χ4n) is 1.69. The Labute approximate surface area is 104 Å². The third kappa shape index (κ3) is 4.77. The molecule has 98 valence electrons. The Bertz CT molecular complexity index is 309. The lowest BCUT2D eigenvalue weighted by Crippen LogP contribution is -2.31. The van der Waals surface area contributed by atoms with Crippen LogP contribution in [0, 0.1) is 0 Å². The van der Waals surface area contributed by atoms with Gasteiger partial charge >= 0.3 is 0 Å². The Balaban J connectivity index is 2.52. The van der Waals surface area contributed by atoms with Gasteiger partial charge in [-0.15, -0.1) is 0 Å². The van der Waals surface area contributed by atoms with Crippen molar-refractivity contribution in [3.05, 3.63) is 12.4 Å². The molecule has 0 saturated carbocycles. The van der Waals surface area contributed by atoms with Crippen molar-refractivity contribution in [1.82, 2.24) is 15.1 Å². The predicted molar refractivity (Wildman–Crippen MR) is 70.5 cm³/mol. The van der Waals surface area contributed by atoms with Gasteiger partial charge in [-0.3, -0.25) is 4.68 Å². The van der Waals surface area contributed by atoms with Gasteiger partial charge < -0.3 is 10.1 Å². The van der Waals surface area contributed by atoms with Crippen molar-refractivity contribution in [3.8, 4) is 5.75 Å². The van der Waals surface area contributed by atoms with Crippen LogP contribution in [-0.2, 0) is 0 Å². The SMILES string of the molecule is CCCC(CNCC)Oc1cnn(C(C)C)c1. The standard InChI is InChI=1S/C13H25N3O/c1-5-7-12(8-14-6-2)17-13-9-15-16(10-13)11(3)4/h9-12,14H,5-8H2,1-4H3. The van der Waals surface area contributed by atoms with Gasteiger partial charge in [0.1, 0.15) is 6.10 Å². The molecule has 4 nitrogen and oxygen atoms in total. The molecule has 0 radical (unpaired) electrons. The summed E-state index contributed by atoms with van der Waals surface area (Å²) in [4.78, 5) is 0. The topological polar surface area (TPSA) is 39.1 Å². The third-order valence-corrected chi connectivity index (χ3v) is 2.64. The highest BCUT2D eigenvalue weighted by atomic mass is 16.5. The molecule has 1 aromatic rings. The van der Waals surface area contributed by atoms with Crippen molar-refractivity contribution >= 4 is 0 Å². The molecule has 0 aliphatic carbocycles. The first kappa shape index (κ1) is 14.0. The zero-order chi connectivity index (χ0) is 12.7. The van der Waals surface area contributed by atoms with Gasteiger partial charge in [-0.2, -0.15) is 5.10 Å². The van der Waals surface area contributed by atoms with E-state index in [1.54, 1.807) is 6.20 Å². The van der Waals surface area contributed by atoms with Crippen LogP contribution in [0.25, 0.3) is 0 Å². The quantitative estimate of drug-likeness (QED) is 0.758. The molecule has 0 fully saturated rings. The Morgan fingerprint density at radius 3 is 2.71 bits per heavy atom. The number of ether oxygens (including phenoxy) is 1. The zero-order valence-corrected chi connectivity index (χ0v) is 11.4. The lowest BCUT2D eigenvalue weighted by Gasteiger charge is -2.17. The summed E-state index contributed by atoms with van der Waals surface area (Å²) in [6, 6.07) is 0.380.